The highest BCUT2D eigenvalue weighted by Crippen LogP contribution is 2.12. The van der Waals surface area contributed by atoms with Gasteiger partial charge < -0.3 is 15.8 Å². The quantitative estimate of drug-likeness (QED) is 0.740. The molecule has 1 atom stereocenters. The number of ether oxygens (including phenoxy) is 1. The summed E-state index contributed by atoms with van der Waals surface area (Å²) in [6.07, 6.45) is 4.56. The average molecular weight is 289 g/mol. The predicted molar refractivity (Wildman–Crippen MR) is 79.1 cm³/mol. The molecule has 1 aromatic heterocycles. The zero-order chi connectivity index (χ0) is 15.1. The second-order valence-corrected chi connectivity index (χ2v) is 4.60. The topological polar surface area (TPSA) is 95.1 Å². The minimum Gasteiger partial charge on any atom is -0.385 e. The minimum atomic E-state index is -0.535. The molecule has 21 heavy (non-hydrogen) atoms. The molecule has 0 aliphatic carbocycles. The monoisotopic (exact) mass is 289 g/mol. The van der Waals surface area contributed by atoms with Crippen molar-refractivity contribution in [3.8, 4) is 5.69 Å². The molecule has 7 heteroatoms. The number of hydrogen-bond acceptors (Lipinski definition) is 5. The van der Waals surface area contributed by atoms with Crippen LogP contribution in [0.5, 0.6) is 0 Å². The molecule has 1 heterocycles. The number of carbonyl (C=O) groups is 1. The van der Waals surface area contributed by atoms with Crippen LogP contribution >= 0.6 is 0 Å². The second-order valence-electron chi connectivity index (χ2n) is 4.60. The number of amides is 1. The Hall–Kier alpha value is -2.25. The van der Waals surface area contributed by atoms with Gasteiger partial charge in [-0.3, -0.25) is 4.79 Å². The summed E-state index contributed by atoms with van der Waals surface area (Å²) in [6.45, 7) is 0.604. The van der Waals surface area contributed by atoms with Crippen LogP contribution in [-0.2, 0) is 9.53 Å². The van der Waals surface area contributed by atoms with E-state index in [1.54, 1.807) is 31.6 Å². The molecule has 3 N–H and O–H groups in total. The molecule has 0 radical (unpaired) electrons. The normalized spacial score (nSPS) is 12.1. The third-order valence-electron chi connectivity index (χ3n) is 2.98. The number of aromatic nitrogens is 3. The molecule has 0 saturated carbocycles. The fraction of sp³-hybridized carbons (Fsp3) is 0.357. The number of nitrogens with one attached hydrogen (secondary N) is 1. The van der Waals surface area contributed by atoms with Gasteiger partial charge in [-0.25, -0.2) is 0 Å². The fourth-order valence-electron chi connectivity index (χ4n) is 1.84. The molecule has 7 nitrogen and oxygen atoms in total. The number of hydrogen-bond donors (Lipinski definition) is 2. The number of rotatable bonds is 7. The molecule has 1 unspecified atom stereocenters. The molecule has 0 aliphatic rings. The van der Waals surface area contributed by atoms with Crippen LogP contribution in [0.3, 0.4) is 0 Å². The van der Waals surface area contributed by atoms with Crippen molar-refractivity contribution >= 4 is 11.6 Å². The number of nitrogens with zero attached hydrogens (tertiary/aromatic N) is 3. The van der Waals surface area contributed by atoms with E-state index in [0.717, 1.165) is 12.1 Å². The Morgan fingerprint density at radius 1 is 1.33 bits per heavy atom. The molecule has 2 rings (SSSR count). The largest absolute Gasteiger partial charge is 0.385 e. The average Bonchev–Trinajstić information content (AvgIpc) is 3.02. The second kappa shape index (κ2) is 7.51. The first-order chi connectivity index (χ1) is 10.2. The van der Waals surface area contributed by atoms with Gasteiger partial charge >= 0.3 is 0 Å². The molecule has 0 saturated heterocycles. The number of nitrogens with two attached hydrogens (primary N) is 1. The van der Waals surface area contributed by atoms with Gasteiger partial charge in [-0.1, -0.05) is 0 Å². The van der Waals surface area contributed by atoms with E-state index in [0.29, 0.717) is 18.7 Å². The van der Waals surface area contributed by atoms with Crippen molar-refractivity contribution in [1.82, 2.24) is 15.0 Å². The first-order valence-electron chi connectivity index (χ1n) is 6.73. The SMILES string of the molecule is COCCCC(N)C(=O)Nc1ccc(-n2nccn2)cc1. The maximum atomic E-state index is 11.9. The van der Waals surface area contributed by atoms with E-state index in [4.69, 9.17) is 10.5 Å². The zero-order valence-electron chi connectivity index (χ0n) is 11.9. The van der Waals surface area contributed by atoms with E-state index < -0.39 is 6.04 Å². The maximum absolute atomic E-state index is 11.9. The van der Waals surface area contributed by atoms with Crippen molar-refractivity contribution < 1.29 is 9.53 Å². The van der Waals surface area contributed by atoms with Crippen molar-refractivity contribution in [2.24, 2.45) is 5.73 Å². The first kappa shape index (κ1) is 15.1. The van der Waals surface area contributed by atoms with Crippen LogP contribution in [0.1, 0.15) is 12.8 Å². The molecule has 1 amide bonds. The summed E-state index contributed by atoms with van der Waals surface area (Å²) >= 11 is 0. The predicted octanol–water partition coefficient (Wildman–Crippen LogP) is 0.960. The lowest BCUT2D eigenvalue weighted by Crippen LogP contribution is -2.35. The van der Waals surface area contributed by atoms with Gasteiger partial charge in [-0.05, 0) is 37.1 Å². The minimum absolute atomic E-state index is 0.198. The summed E-state index contributed by atoms with van der Waals surface area (Å²) in [4.78, 5) is 13.4. The Balaban J connectivity index is 1.89. The molecular weight excluding hydrogens is 270 g/mol. The van der Waals surface area contributed by atoms with Gasteiger partial charge in [-0.2, -0.15) is 15.0 Å². The van der Waals surface area contributed by atoms with Crippen molar-refractivity contribution in [2.45, 2.75) is 18.9 Å². The Morgan fingerprint density at radius 2 is 2.00 bits per heavy atom. The molecule has 2 aromatic rings. The van der Waals surface area contributed by atoms with Gasteiger partial charge in [-0.15, -0.1) is 0 Å². The maximum Gasteiger partial charge on any atom is 0.241 e. The fourth-order valence-corrected chi connectivity index (χ4v) is 1.84. The summed E-state index contributed by atoms with van der Waals surface area (Å²) in [5, 5.41) is 10.9. The Labute approximate surface area is 123 Å². The number of anilines is 1. The standard InChI is InChI=1S/C14H19N5O2/c1-21-10-2-3-13(15)14(20)18-11-4-6-12(7-5-11)19-16-8-9-17-19/h4-9,13H,2-3,10,15H2,1H3,(H,18,20). The lowest BCUT2D eigenvalue weighted by molar-refractivity contribution is -0.117. The van der Waals surface area contributed by atoms with E-state index in [1.165, 1.54) is 4.80 Å². The third kappa shape index (κ3) is 4.37. The van der Waals surface area contributed by atoms with Gasteiger partial charge in [0.1, 0.15) is 0 Å². The van der Waals surface area contributed by atoms with Crippen molar-refractivity contribution in [3.63, 3.8) is 0 Å². The molecule has 112 valence electrons. The van der Waals surface area contributed by atoms with Crippen LogP contribution in [0.2, 0.25) is 0 Å². The summed E-state index contributed by atoms with van der Waals surface area (Å²) in [5.41, 5.74) is 7.34. The van der Waals surface area contributed by atoms with Crippen LogP contribution in [0.15, 0.2) is 36.7 Å². The molecule has 0 bridgehead atoms. The number of methoxy groups -OCH3 is 1. The third-order valence-corrected chi connectivity index (χ3v) is 2.98. The summed E-state index contributed by atoms with van der Waals surface area (Å²) < 4.78 is 4.94. The van der Waals surface area contributed by atoms with E-state index in [1.807, 2.05) is 12.1 Å². The Kier molecular flexibility index (Phi) is 5.42. The highest BCUT2D eigenvalue weighted by Gasteiger charge is 2.13. The zero-order valence-corrected chi connectivity index (χ0v) is 11.9. The Bertz CT molecular complexity index is 553. The lowest BCUT2D eigenvalue weighted by Gasteiger charge is -2.12. The summed E-state index contributed by atoms with van der Waals surface area (Å²) in [5.74, 6) is -0.198. The van der Waals surface area contributed by atoms with E-state index in [-0.39, 0.29) is 5.91 Å². The van der Waals surface area contributed by atoms with Gasteiger partial charge in [0, 0.05) is 19.4 Å². The first-order valence-corrected chi connectivity index (χ1v) is 6.73. The Morgan fingerprint density at radius 3 is 2.62 bits per heavy atom. The van der Waals surface area contributed by atoms with Crippen molar-refractivity contribution in [3.05, 3.63) is 36.7 Å². The van der Waals surface area contributed by atoms with Gasteiger partial charge in [0.15, 0.2) is 0 Å². The molecule has 1 aromatic carbocycles. The summed E-state index contributed by atoms with van der Waals surface area (Å²) in [6, 6.07) is 6.70. The molecule has 0 spiro atoms. The van der Waals surface area contributed by atoms with Crippen molar-refractivity contribution in [1.29, 1.82) is 0 Å². The van der Waals surface area contributed by atoms with E-state index in [2.05, 4.69) is 15.5 Å². The van der Waals surface area contributed by atoms with Crippen LogP contribution in [0.4, 0.5) is 5.69 Å². The van der Waals surface area contributed by atoms with Gasteiger partial charge in [0.05, 0.1) is 24.1 Å². The lowest BCUT2D eigenvalue weighted by atomic mass is 10.1. The molecular formula is C14H19N5O2. The number of benzene rings is 1. The van der Waals surface area contributed by atoms with Crippen LogP contribution in [0.25, 0.3) is 5.69 Å². The van der Waals surface area contributed by atoms with Gasteiger partial charge in [0.25, 0.3) is 0 Å². The summed E-state index contributed by atoms with van der Waals surface area (Å²) in [7, 11) is 1.63. The van der Waals surface area contributed by atoms with E-state index in [9.17, 15) is 4.79 Å². The number of carbonyl (C=O) groups excluding carboxylic acids is 1. The van der Waals surface area contributed by atoms with Crippen molar-refractivity contribution in [2.75, 3.05) is 19.0 Å². The smallest absolute Gasteiger partial charge is 0.241 e. The molecule has 0 aliphatic heterocycles. The van der Waals surface area contributed by atoms with Crippen LogP contribution < -0.4 is 11.1 Å². The highest BCUT2D eigenvalue weighted by molar-refractivity contribution is 5.94. The van der Waals surface area contributed by atoms with E-state index >= 15 is 0 Å². The van der Waals surface area contributed by atoms with Gasteiger partial charge in [0.2, 0.25) is 5.91 Å². The highest BCUT2D eigenvalue weighted by atomic mass is 16.5. The van der Waals surface area contributed by atoms with Crippen LogP contribution in [-0.4, -0.2) is 40.7 Å². The molecule has 0 fully saturated rings. The van der Waals surface area contributed by atoms with Crippen LogP contribution in [0, 0.1) is 0 Å².